The average Bonchev–Trinajstić information content (AvgIpc) is 3.70. The third-order valence-electron chi connectivity index (χ3n) is 9.60. The van der Waals surface area contributed by atoms with Gasteiger partial charge in [-0.1, -0.05) is 35.8 Å². The number of piperidine rings is 1. The molecule has 2 aliphatic heterocycles. The molecule has 0 radical (unpaired) electrons. The number of hydrogen-bond acceptors (Lipinski definition) is 11. The highest BCUT2D eigenvalue weighted by Gasteiger charge is 2.39. The first-order valence-electron chi connectivity index (χ1n) is 18.1. The fourth-order valence-electron chi connectivity index (χ4n) is 6.79. The lowest BCUT2D eigenvalue weighted by Gasteiger charge is -2.31. The second-order valence-corrected chi connectivity index (χ2v) is 14.3. The highest BCUT2D eigenvalue weighted by molar-refractivity contribution is 6.30. The predicted octanol–water partition coefficient (Wildman–Crippen LogP) is 5.49. The van der Waals surface area contributed by atoms with E-state index in [1.165, 1.54) is 6.20 Å². The number of Topliss-reactive ketones (excluding diaryl/α,β-unsaturated/α-hetero) is 2. The van der Waals surface area contributed by atoms with Gasteiger partial charge in [0.2, 0.25) is 11.8 Å². The third-order valence-corrected chi connectivity index (χ3v) is 9.99. The number of amides is 2. The largest absolute Gasteiger partial charge is 0.477 e. The van der Waals surface area contributed by atoms with E-state index in [2.05, 4.69) is 32.3 Å². The van der Waals surface area contributed by atoms with Crippen LogP contribution in [0.5, 0.6) is 5.88 Å². The highest BCUT2D eigenvalue weighted by Crippen LogP contribution is 2.33. The lowest BCUT2D eigenvalue weighted by atomic mass is 10.0. The van der Waals surface area contributed by atoms with E-state index < -0.39 is 6.04 Å². The molecule has 2 N–H and O–H groups in total. The van der Waals surface area contributed by atoms with Gasteiger partial charge >= 0.3 is 0 Å². The van der Waals surface area contributed by atoms with Gasteiger partial charge in [0.1, 0.15) is 17.6 Å². The minimum absolute atomic E-state index is 0.0199. The molecule has 1 saturated heterocycles. The van der Waals surface area contributed by atoms with E-state index in [1.807, 2.05) is 19.1 Å². The molecule has 1 unspecified atom stereocenters. The van der Waals surface area contributed by atoms with Gasteiger partial charge in [-0.25, -0.2) is 14.5 Å². The van der Waals surface area contributed by atoms with Crippen molar-refractivity contribution >= 4 is 57.9 Å². The lowest BCUT2D eigenvalue weighted by molar-refractivity contribution is -0.126. The van der Waals surface area contributed by atoms with Crippen molar-refractivity contribution in [3.8, 4) is 5.88 Å². The average molecular weight is 793 g/mol. The number of carbonyl (C=O) groups is 4. The molecule has 2 amide bonds. The molecule has 5 heterocycles. The molecule has 16 heteroatoms. The first kappa shape index (κ1) is 39.8. The summed E-state index contributed by atoms with van der Waals surface area (Å²) in [5.41, 5.74) is 5.36. The van der Waals surface area contributed by atoms with Gasteiger partial charge < -0.3 is 29.7 Å². The molecule has 14 nitrogen and oxygen atoms in total. The number of pyridine rings is 1. The molecule has 55 heavy (non-hydrogen) atoms. The number of anilines is 1. The molecule has 0 spiro atoms. The number of methoxy groups -OCH3 is 1. The zero-order chi connectivity index (χ0) is 39.1. The Morgan fingerprint density at radius 1 is 1.05 bits per heavy atom. The van der Waals surface area contributed by atoms with E-state index >= 15 is 0 Å². The molecule has 0 aliphatic carbocycles. The summed E-state index contributed by atoms with van der Waals surface area (Å²) in [6, 6.07) is 8.27. The Morgan fingerprint density at radius 3 is 2.67 bits per heavy atom. The Balaban J connectivity index is 0.907. The van der Waals surface area contributed by atoms with Crippen LogP contribution in [0.1, 0.15) is 77.9 Å². The van der Waals surface area contributed by atoms with Crippen molar-refractivity contribution in [1.29, 1.82) is 0 Å². The number of benzene rings is 1. The summed E-state index contributed by atoms with van der Waals surface area (Å²) in [5, 5.41) is 11.1. The Bertz CT molecular complexity index is 2110. The number of hydrogen-bond donors (Lipinski definition) is 2. The van der Waals surface area contributed by atoms with E-state index in [4.69, 9.17) is 37.4 Å². The normalized spacial score (nSPS) is 16.0. The molecule has 1 aromatic carbocycles. The minimum Gasteiger partial charge on any atom is -0.477 e. The first-order valence-corrected chi connectivity index (χ1v) is 18.9. The van der Waals surface area contributed by atoms with Gasteiger partial charge in [-0.3, -0.25) is 19.2 Å². The van der Waals surface area contributed by atoms with E-state index in [-0.39, 0.29) is 73.0 Å². The van der Waals surface area contributed by atoms with Crippen LogP contribution in [0.4, 0.5) is 5.69 Å². The van der Waals surface area contributed by atoms with Crippen LogP contribution in [0.2, 0.25) is 10.2 Å². The molecule has 0 bridgehead atoms. The molecular formula is C39H43Cl2N7O7. The zero-order valence-corrected chi connectivity index (χ0v) is 32.3. The minimum atomic E-state index is -0.520. The molecule has 0 saturated carbocycles. The highest BCUT2D eigenvalue weighted by atomic mass is 35.5. The van der Waals surface area contributed by atoms with Crippen LogP contribution in [-0.2, 0) is 43.2 Å². The van der Waals surface area contributed by atoms with Gasteiger partial charge in [0.05, 0.1) is 36.6 Å². The fraction of sp³-hybridized carbons (Fsp3) is 0.410. The molecule has 2 aliphatic rings. The van der Waals surface area contributed by atoms with E-state index in [0.717, 1.165) is 11.3 Å². The van der Waals surface area contributed by atoms with Gasteiger partial charge in [0.15, 0.2) is 10.8 Å². The lowest BCUT2D eigenvalue weighted by Crippen LogP contribution is -2.49. The maximum atomic E-state index is 13.3. The number of allylic oxidation sites excluding steroid dienone is 1. The number of carbonyl (C=O) groups excluding carboxylic acids is 4. The second kappa shape index (κ2) is 18.2. The quantitative estimate of drug-likeness (QED) is 0.115. The summed E-state index contributed by atoms with van der Waals surface area (Å²) < 4.78 is 18.7. The first-order chi connectivity index (χ1) is 26.5. The van der Waals surface area contributed by atoms with Crippen LogP contribution in [0, 0.1) is 0 Å². The number of aromatic nitrogens is 4. The molecule has 1 fully saturated rings. The van der Waals surface area contributed by atoms with Crippen molar-refractivity contribution in [2.24, 2.45) is 0 Å². The third kappa shape index (κ3) is 9.68. The Kier molecular flexibility index (Phi) is 13.1. The van der Waals surface area contributed by atoms with Gasteiger partial charge in [-0.15, -0.1) is 0 Å². The van der Waals surface area contributed by atoms with Crippen molar-refractivity contribution in [3.05, 3.63) is 93.1 Å². The zero-order valence-electron chi connectivity index (χ0n) is 30.7. The van der Waals surface area contributed by atoms with Crippen molar-refractivity contribution in [1.82, 2.24) is 29.8 Å². The van der Waals surface area contributed by atoms with E-state index in [0.29, 0.717) is 84.1 Å². The van der Waals surface area contributed by atoms with Crippen LogP contribution in [0.15, 0.2) is 55.0 Å². The smallest absolute Gasteiger partial charge is 0.255 e. The number of fused-ring (bicyclic) bond motifs is 2. The predicted molar refractivity (Wildman–Crippen MR) is 205 cm³/mol. The van der Waals surface area contributed by atoms with Crippen molar-refractivity contribution in [3.63, 3.8) is 0 Å². The Labute approximate surface area is 328 Å². The summed E-state index contributed by atoms with van der Waals surface area (Å²) >= 11 is 12.3. The molecule has 6 rings (SSSR count). The van der Waals surface area contributed by atoms with Gasteiger partial charge in [-0.05, 0) is 44.4 Å². The van der Waals surface area contributed by atoms with Gasteiger partial charge in [0.25, 0.3) is 5.91 Å². The molecule has 3 aromatic heterocycles. The number of nitrogens with zero attached hydrogens (tertiary/aromatic N) is 5. The van der Waals surface area contributed by atoms with Crippen LogP contribution in [0.25, 0.3) is 5.65 Å². The molecular weight excluding hydrogens is 749 g/mol. The summed E-state index contributed by atoms with van der Waals surface area (Å²) in [6.07, 6.45) is 5.00. The van der Waals surface area contributed by atoms with Crippen LogP contribution in [0.3, 0.4) is 0 Å². The van der Waals surface area contributed by atoms with Crippen LogP contribution in [-0.4, -0.2) is 87.4 Å². The SMILES string of the molecule is C=C1CCC(N2Cc3c(NCCOCCC(=O)CCCOc4ncc(Cl)cc4CC(=O)Cc4cnc5cc(Cl)nn5c4[C@H](C)OC)cccc3C2=O)C(=O)N1. The maximum absolute atomic E-state index is 13.3. The van der Waals surface area contributed by atoms with Crippen molar-refractivity contribution in [2.75, 3.05) is 38.8 Å². The Morgan fingerprint density at radius 2 is 1.87 bits per heavy atom. The van der Waals surface area contributed by atoms with Crippen molar-refractivity contribution in [2.45, 2.75) is 70.6 Å². The second-order valence-electron chi connectivity index (χ2n) is 13.5. The number of ketones is 2. The van der Waals surface area contributed by atoms with Crippen molar-refractivity contribution < 1.29 is 33.4 Å². The van der Waals surface area contributed by atoms with Crippen LogP contribution >= 0.6 is 23.2 Å². The Hall–Kier alpha value is -4.89. The molecule has 4 aromatic rings. The number of halogens is 2. The summed E-state index contributed by atoms with van der Waals surface area (Å²) in [5.74, 6) is -0.150. The summed E-state index contributed by atoms with van der Waals surface area (Å²) in [4.78, 5) is 61.8. The fourth-order valence-corrected chi connectivity index (χ4v) is 7.15. The standard InChI is InChI=1S/C39H43Cl2N7O7/c1-23-9-10-33(37(51)45-23)47-22-31-30(39(47)52)7-4-8-32(31)42-12-15-54-14-11-28(49)6-5-13-55-38-25(16-27(40)21-44-38)17-29(50)18-26-20-43-35-19-34(41)46-48(35)36(26)24(2)53-3/h4,7-8,16,19-21,24,33,42H,1,5-6,9-15,17-18,22H2,2-3H3,(H,45,51)/t24-,33?/m0/s1. The molecule has 2 atom stereocenters. The van der Waals surface area contributed by atoms with Crippen LogP contribution < -0.4 is 15.4 Å². The monoisotopic (exact) mass is 791 g/mol. The summed E-state index contributed by atoms with van der Waals surface area (Å²) in [6.45, 7) is 7.37. The number of nitrogens with one attached hydrogen (secondary N) is 2. The maximum Gasteiger partial charge on any atom is 0.255 e. The number of rotatable bonds is 19. The van der Waals surface area contributed by atoms with Gasteiger partial charge in [-0.2, -0.15) is 5.10 Å². The topological polar surface area (TPSA) is 166 Å². The number of ether oxygens (including phenoxy) is 3. The van der Waals surface area contributed by atoms with Gasteiger partial charge in [0, 0.05) is 98.0 Å². The van der Waals surface area contributed by atoms with E-state index in [1.54, 1.807) is 40.9 Å². The van der Waals surface area contributed by atoms with E-state index in [9.17, 15) is 19.2 Å². The molecule has 290 valence electrons. The summed E-state index contributed by atoms with van der Waals surface area (Å²) in [7, 11) is 1.58.